The minimum absolute atomic E-state index is 0.141. The average Bonchev–Trinajstić information content (AvgIpc) is 3.46. The molecule has 0 bridgehead atoms. The van der Waals surface area contributed by atoms with E-state index in [-0.39, 0.29) is 18.3 Å². The number of para-hydroxylation sites is 1. The number of benzene rings is 1. The zero-order valence-corrected chi connectivity index (χ0v) is 16.4. The van der Waals surface area contributed by atoms with E-state index in [0.29, 0.717) is 12.3 Å². The number of hydrogen-bond acceptors (Lipinski definition) is 7. The number of H-pyrrole nitrogens is 1. The quantitative estimate of drug-likeness (QED) is 0.453. The van der Waals surface area contributed by atoms with E-state index in [0.717, 1.165) is 21.3 Å². The monoisotopic (exact) mass is 410 g/mol. The Balaban J connectivity index is 1.44. The second-order valence-corrected chi connectivity index (χ2v) is 7.37. The van der Waals surface area contributed by atoms with E-state index in [2.05, 4.69) is 20.4 Å². The zero-order valence-electron chi connectivity index (χ0n) is 15.5. The van der Waals surface area contributed by atoms with Gasteiger partial charge < -0.3 is 19.6 Å². The van der Waals surface area contributed by atoms with Crippen molar-refractivity contribution in [1.82, 2.24) is 20.4 Å². The summed E-state index contributed by atoms with van der Waals surface area (Å²) in [6.07, 6.45) is 2.13. The smallest absolute Gasteiger partial charge is 0.329 e. The van der Waals surface area contributed by atoms with Crippen molar-refractivity contribution in [2.75, 3.05) is 0 Å². The number of esters is 1. The summed E-state index contributed by atoms with van der Waals surface area (Å²) in [5.74, 6) is -0.238. The highest BCUT2D eigenvalue weighted by molar-refractivity contribution is 7.13. The largest absolute Gasteiger partial charge is 0.456 e. The van der Waals surface area contributed by atoms with E-state index in [9.17, 15) is 9.59 Å². The summed E-state index contributed by atoms with van der Waals surface area (Å²) in [4.78, 5) is 32.4. The molecule has 1 amide bonds. The number of nitrogens with zero attached hydrogens (tertiary/aromatic N) is 2. The second-order valence-electron chi connectivity index (χ2n) is 6.42. The van der Waals surface area contributed by atoms with E-state index < -0.39 is 12.0 Å². The molecule has 29 heavy (non-hydrogen) atoms. The molecule has 3 heterocycles. The number of carbonyl (C=O) groups excluding carboxylic acids is 2. The maximum atomic E-state index is 12.6. The standard InChI is InChI=1S/C20H18N4O4S/c1-12(25)22-16(9-13-10-21-15-6-3-2-5-14(13)15)20(26)27-11-18-23-19(28-24-18)17-7-4-8-29-17/h2-8,10,16,21H,9,11H2,1H3,(H,22,25)/t16-/m0/s1. The molecule has 0 saturated heterocycles. The fourth-order valence-corrected chi connectivity index (χ4v) is 3.65. The number of amides is 1. The zero-order chi connectivity index (χ0) is 20.2. The van der Waals surface area contributed by atoms with Gasteiger partial charge in [-0.3, -0.25) is 4.79 Å². The summed E-state index contributed by atoms with van der Waals surface area (Å²) in [6.45, 7) is 1.22. The maximum Gasteiger partial charge on any atom is 0.329 e. The number of fused-ring (bicyclic) bond motifs is 1. The fourth-order valence-electron chi connectivity index (χ4n) is 3.01. The van der Waals surface area contributed by atoms with Gasteiger partial charge in [0.25, 0.3) is 5.89 Å². The Morgan fingerprint density at radius 1 is 1.28 bits per heavy atom. The molecule has 0 unspecified atom stereocenters. The predicted molar refractivity (Wildman–Crippen MR) is 107 cm³/mol. The van der Waals surface area contributed by atoms with Gasteiger partial charge in [-0.05, 0) is 23.1 Å². The highest BCUT2D eigenvalue weighted by Gasteiger charge is 2.24. The van der Waals surface area contributed by atoms with Gasteiger partial charge in [0.1, 0.15) is 6.04 Å². The SMILES string of the molecule is CC(=O)N[C@@H](Cc1c[nH]c2ccccc12)C(=O)OCc1noc(-c2cccs2)n1. The van der Waals surface area contributed by atoms with Gasteiger partial charge in [0.2, 0.25) is 11.7 Å². The Hall–Kier alpha value is -3.46. The molecular formula is C20H18N4O4S. The van der Waals surface area contributed by atoms with Crippen LogP contribution in [-0.2, 0) is 27.4 Å². The summed E-state index contributed by atoms with van der Waals surface area (Å²) in [5, 5.41) is 9.39. The Labute approximate surface area is 169 Å². The van der Waals surface area contributed by atoms with E-state index in [1.165, 1.54) is 18.3 Å². The summed E-state index contributed by atoms with van der Waals surface area (Å²) in [7, 11) is 0. The molecule has 0 aliphatic rings. The number of aromatic amines is 1. The lowest BCUT2D eigenvalue weighted by atomic mass is 10.0. The van der Waals surface area contributed by atoms with Crippen molar-refractivity contribution in [2.24, 2.45) is 0 Å². The molecule has 9 heteroatoms. The number of thiophene rings is 1. The first-order valence-corrected chi connectivity index (χ1v) is 9.83. The maximum absolute atomic E-state index is 12.6. The third kappa shape index (κ3) is 4.35. The average molecular weight is 410 g/mol. The Morgan fingerprint density at radius 3 is 2.93 bits per heavy atom. The molecule has 3 aromatic heterocycles. The lowest BCUT2D eigenvalue weighted by Crippen LogP contribution is -2.42. The molecule has 2 N–H and O–H groups in total. The van der Waals surface area contributed by atoms with Crippen LogP contribution in [0.1, 0.15) is 18.3 Å². The van der Waals surface area contributed by atoms with Gasteiger partial charge in [-0.25, -0.2) is 4.79 Å². The molecule has 148 valence electrons. The molecule has 0 saturated carbocycles. The number of carbonyl (C=O) groups is 2. The van der Waals surface area contributed by atoms with Gasteiger partial charge in [0.05, 0.1) is 4.88 Å². The van der Waals surface area contributed by atoms with Crippen LogP contribution in [0.15, 0.2) is 52.5 Å². The van der Waals surface area contributed by atoms with Crippen LogP contribution in [0.4, 0.5) is 0 Å². The molecule has 4 rings (SSSR count). The Morgan fingerprint density at radius 2 is 2.14 bits per heavy atom. The third-order valence-corrected chi connectivity index (χ3v) is 5.16. The molecule has 1 aromatic carbocycles. The lowest BCUT2D eigenvalue weighted by molar-refractivity contribution is -0.149. The number of aromatic nitrogens is 3. The molecule has 0 aliphatic carbocycles. The van der Waals surface area contributed by atoms with Crippen molar-refractivity contribution in [2.45, 2.75) is 26.0 Å². The van der Waals surface area contributed by atoms with Crippen LogP contribution in [0.5, 0.6) is 0 Å². The topological polar surface area (TPSA) is 110 Å². The van der Waals surface area contributed by atoms with Crippen molar-refractivity contribution in [3.05, 3.63) is 59.4 Å². The van der Waals surface area contributed by atoms with E-state index in [4.69, 9.17) is 9.26 Å². The summed E-state index contributed by atoms with van der Waals surface area (Å²) in [6, 6.07) is 10.7. The summed E-state index contributed by atoms with van der Waals surface area (Å²) < 4.78 is 10.5. The molecule has 0 radical (unpaired) electrons. The first kappa shape index (κ1) is 18.9. The van der Waals surface area contributed by atoms with Crippen molar-refractivity contribution in [3.8, 4) is 10.8 Å². The van der Waals surface area contributed by atoms with Crippen LogP contribution in [0.2, 0.25) is 0 Å². The van der Waals surface area contributed by atoms with Crippen LogP contribution in [0.3, 0.4) is 0 Å². The summed E-state index contributed by atoms with van der Waals surface area (Å²) in [5.41, 5.74) is 1.88. The fraction of sp³-hybridized carbons (Fsp3) is 0.200. The highest BCUT2D eigenvalue weighted by Crippen LogP contribution is 2.23. The van der Waals surface area contributed by atoms with Gasteiger partial charge in [-0.1, -0.05) is 29.4 Å². The molecule has 0 fully saturated rings. The van der Waals surface area contributed by atoms with Crippen LogP contribution >= 0.6 is 11.3 Å². The third-order valence-electron chi connectivity index (χ3n) is 4.30. The number of ether oxygens (including phenoxy) is 1. The van der Waals surface area contributed by atoms with E-state index >= 15 is 0 Å². The van der Waals surface area contributed by atoms with Crippen molar-refractivity contribution in [1.29, 1.82) is 0 Å². The van der Waals surface area contributed by atoms with Crippen LogP contribution in [0, 0.1) is 0 Å². The van der Waals surface area contributed by atoms with Crippen LogP contribution < -0.4 is 5.32 Å². The molecule has 0 aliphatic heterocycles. The number of rotatable bonds is 7. The van der Waals surface area contributed by atoms with Crippen molar-refractivity contribution >= 4 is 34.1 Å². The summed E-state index contributed by atoms with van der Waals surface area (Å²) >= 11 is 1.47. The van der Waals surface area contributed by atoms with Crippen LogP contribution in [0.25, 0.3) is 21.7 Å². The molecule has 4 aromatic rings. The predicted octanol–water partition coefficient (Wildman–Crippen LogP) is 3.07. The lowest BCUT2D eigenvalue weighted by Gasteiger charge is -2.16. The van der Waals surface area contributed by atoms with Gasteiger partial charge in [-0.15, -0.1) is 11.3 Å². The van der Waals surface area contributed by atoms with Gasteiger partial charge in [0.15, 0.2) is 6.61 Å². The first-order valence-electron chi connectivity index (χ1n) is 8.95. The molecular weight excluding hydrogens is 392 g/mol. The van der Waals surface area contributed by atoms with Gasteiger partial charge in [0, 0.05) is 30.4 Å². The second kappa shape index (κ2) is 8.27. The first-order chi connectivity index (χ1) is 14.1. The minimum Gasteiger partial charge on any atom is -0.456 e. The number of nitrogens with one attached hydrogen (secondary N) is 2. The normalized spacial score (nSPS) is 12.0. The van der Waals surface area contributed by atoms with Gasteiger partial charge >= 0.3 is 5.97 Å². The van der Waals surface area contributed by atoms with E-state index in [1.54, 1.807) is 0 Å². The molecule has 0 spiro atoms. The van der Waals surface area contributed by atoms with Gasteiger partial charge in [-0.2, -0.15) is 4.98 Å². The van der Waals surface area contributed by atoms with Crippen molar-refractivity contribution < 1.29 is 18.8 Å². The van der Waals surface area contributed by atoms with E-state index in [1.807, 2.05) is 48.0 Å². The molecule has 8 nitrogen and oxygen atoms in total. The van der Waals surface area contributed by atoms with Crippen molar-refractivity contribution in [3.63, 3.8) is 0 Å². The minimum atomic E-state index is -0.824. The highest BCUT2D eigenvalue weighted by atomic mass is 32.1. The molecule has 1 atom stereocenters. The number of hydrogen-bond donors (Lipinski definition) is 2. The Kier molecular flexibility index (Phi) is 5.39. The Bertz CT molecular complexity index is 1130. The van der Waals surface area contributed by atoms with Crippen LogP contribution in [-0.4, -0.2) is 33.0 Å².